The lowest BCUT2D eigenvalue weighted by atomic mass is 10.2. The second-order valence-corrected chi connectivity index (χ2v) is 3.99. The van der Waals surface area contributed by atoms with E-state index < -0.39 is 0 Å². The number of fused-ring (bicyclic) bond motifs is 3. The molecule has 0 spiro atoms. The Labute approximate surface area is 97.0 Å². The topological polar surface area (TPSA) is 37.9 Å². The molecule has 80 valence electrons. The highest BCUT2D eigenvalue weighted by Crippen LogP contribution is 2.31. The van der Waals surface area contributed by atoms with Gasteiger partial charge in [0.15, 0.2) is 0 Å². The largest absolute Gasteiger partial charge is 0.495 e. The van der Waals surface area contributed by atoms with Crippen LogP contribution in [0.2, 0.25) is 5.02 Å². The van der Waals surface area contributed by atoms with E-state index >= 15 is 0 Å². The highest BCUT2D eigenvalue weighted by molar-refractivity contribution is 6.31. The van der Waals surface area contributed by atoms with Gasteiger partial charge in [0.05, 0.1) is 17.6 Å². The van der Waals surface area contributed by atoms with Crippen LogP contribution in [0.1, 0.15) is 0 Å². The van der Waals surface area contributed by atoms with Crippen LogP contribution in [0.15, 0.2) is 30.5 Å². The van der Waals surface area contributed by atoms with Gasteiger partial charge in [0.2, 0.25) is 0 Å². The Balaban J connectivity index is 2.50. The van der Waals surface area contributed by atoms with Crippen LogP contribution in [0.25, 0.3) is 21.9 Å². The zero-order valence-electron chi connectivity index (χ0n) is 8.62. The highest BCUT2D eigenvalue weighted by atomic mass is 35.5. The first kappa shape index (κ1) is 9.48. The van der Waals surface area contributed by atoms with Crippen molar-refractivity contribution in [3.63, 3.8) is 0 Å². The number of H-pyrrole nitrogens is 1. The van der Waals surface area contributed by atoms with E-state index in [-0.39, 0.29) is 0 Å². The maximum atomic E-state index is 5.94. The molecule has 4 heteroatoms. The summed E-state index contributed by atoms with van der Waals surface area (Å²) in [5, 5.41) is 2.72. The molecule has 0 atom stereocenters. The Morgan fingerprint density at radius 1 is 1.31 bits per heavy atom. The summed E-state index contributed by atoms with van der Waals surface area (Å²) in [5.41, 5.74) is 1.78. The van der Waals surface area contributed by atoms with Crippen LogP contribution >= 0.6 is 11.6 Å². The van der Waals surface area contributed by atoms with Gasteiger partial charge in [-0.15, -0.1) is 0 Å². The van der Waals surface area contributed by atoms with Crippen molar-refractivity contribution in [2.24, 2.45) is 0 Å². The van der Waals surface area contributed by atoms with Crippen molar-refractivity contribution in [3.05, 3.63) is 35.5 Å². The molecule has 0 aliphatic heterocycles. The molecule has 2 heterocycles. The molecular formula is C12H9ClN2O. The van der Waals surface area contributed by atoms with Crippen molar-refractivity contribution < 1.29 is 4.74 Å². The number of hydrogen-bond acceptors (Lipinski definition) is 2. The molecule has 3 aromatic rings. The van der Waals surface area contributed by atoms with Gasteiger partial charge in [-0.05, 0) is 12.1 Å². The van der Waals surface area contributed by atoms with Gasteiger partial charge in [-0.2, -0.15) is 0 Å². The number of pyridine rings is 1. The van der Waals surface area contributed by atoms with Crippen LogP contribution in [0.4, 0.5) is 0 Å². The molecule has 1 N–H and O–H groups in total. The number of methoxy groups -OCH3 is 1. The maximum Gasteiger partial charge on any atom is 0.142 e. The van der Waals surface area contributed by atoms with Crippen LogP contribution in [0.5, 0.6) is 5.75 Å². The summed E-state index contributed by atoms with van der Waals surface area (Å²) < 4.78 is 5.30. The number of aromatic amines is 1. The van der Waals surface area contributed by atoms with E-state index in [0.29, 0.717) is 5.02 Å². The Morgan fingerprint density at radius 3 is 3.00 bits per heavy atom. The molecule has 1 aromatic carbocycles. The molecule has 0 aliphatic rings. The number of nitrogens with zero attached hydrogens (tertiary/aromatic N) is 1. The lowest BCUT2D eigenvalue weighted by Crippen LogP contribution is -1.82. The lowest BCUT2D eigenvalue weighted by molar-refractivity contribution is 0.419. The second kappa shape index (κ2) is 3.39. The molecule has 3 nitrogen and oxygen atoms in total. The standard InChI is InChI=1S/C12H9ClN2O/c1-16-10-4-2-3-8-9-5-7(13)6-14-12(9)15-11(8)10/h2-6H,1H3,(H,14,15). The van der Waals surface area contributed by atoms with Crippen molar-refractivity contribution in [1.82, 2.24) is 9.97 Å². The summed E-state index contributed by atoms with van der Waals surface area (Å²) in [6.45, 7) is 0. The minimum Gasteiger partial charge on any atom is -0.495 e. The normalized spacial score (nSPS) is 11.1. The van der Waals surface area contributed by atoms with Crippen LogP contribution < -0.4 is 4.74 Å². The van der Waals surface area contributed by atoms with Crippen molar-refractivity contribution in [1.29, 1.82) is 0 Å². The number of rotatable bonds is 1. The number of halogens is 1. The molecule has 0 radical (unpaired) electrons. The number of benzene rings is 1. The Bertz CT molecular complexity index is 675. The average Bonchev–Trinajstić information content (AvgIpc) is 2.67. The van der Waals surface area contributed by atoms with E-state index in [1.807, 2.05) is 24.3 Å². The van der Waals surface area contributed by atoms with Gasteiger partial charge in [0, 0.05) is 17.0 Å². The molecule has 0 fully saturated rings. The van der Waals surface area contributed by atoms with E-state index in [0.717, 1.165) is 27.7 Å². The van der Waals surface area contributed by atoms with E-state index in [1.54, 1.807) is 13.3 Å². The van der Waals surface area contributed by atoms with E-state index in [1.165, 1.54) is 0 Å². The zero-order valence-corrected chi connectivity index (χ0v) is 9.38. The van der Waals surface area contributed by atoms with Crippen molar-refractivity contribution in [2.45, 2.75) is 0 Å². The second-order valence-electron chi connectivity index (χ2n) is 3.56. The Hall–Kier alpha value is -1.74. The summed E-state index contributed by atoms with van der Waals surface area (Å²) >= 11 is 5.94. The number of para-hydroxylation sites is 1. The molecule has 16 heavy (non-hydrogen) atoms. The van der Waals surface area contributed by atoms with Gasteiger partial charge < -0.3 is 9.72 Å². The first-order valence-corrected chi connectivity index (χ1v) is 5.27. The van der Waals surface area contributed by atoms with Crippen molar-refractivity contribution >= 4 is 33.5 Å². The van der Waals surface area contributed by atoms with E-state index in [9.17, 15) is 0 Å². The van der Waals surface area contributed by atoms with Crippen LogP contribution in [0.3, 0.4) is 0 Å². The van der Waals surface area contributed by atoms with E-state index in [4.69, 9.17) is 16.3 Å². The smallest absolute Gasteiger partial charge is 0.142 e. The summed E-state index contributed by atoms with van der Waals surface area (Å²) in [6, 6.07) is 7.80. The lowest BCUT2D eigenvalue weighted by Gasteiger charge is -1.99. The maximum absolute atomic E-state index is 5.94. The summed E-state index contributed by atoms with van der Waals surface area (Å²) in [6.07, 6.45) is 1.63. The van der Waals surface area contributed by atoms with Gasteiger partial charge in [-0.25, -0.2) is 4.98 Å². The van der Waals surface area contributed by atoms with Gasteiger partial charge in [0.1, 0.15) is 11.4 Å². The minimum absolute atomic E-state index is 0.635. The number of aromatic nitrogens is 2. The van der Waals surface area contributed by atoms with Gasteiger partial charge in [0.25, 0.3) is 0 Å². The van der Waals surface area contributed by atoms with Crippen LogP contribution in [-0.2, 0) is 0 Å². The van der Waals surface area contributed by atoms with E-state index in [2.05, 4.69) is 9.97 Å². The predicted molar refractivity (Wildman–Crippen MR) is 65.2 cm³/mol. The molecule has 0 unspecified atom stereocenters. The van der Waals surface area contributed by atoms with Gasteiger partial charge in [-0.3, -0.25) is 0 Å². The minimum atomic E-state index is 0.635. The van der Waals surface area contributed by atoms with Crippen molar-refractivity contribution in [2.75, 3.05) is 7.11 Å². The highest BCUT2D eigenvalue weighted by Gasteiger charge is 2.09. The number of hydrogen-bond donors (Lipinski definition) is 1. The molecule has 0 saturated heterocycles. The van der Waals surface area contributed by atoms with Gasteiger partial charge in [-0.1, -0.05) is 23.7 Å². The summed E-state index contributed by atoms with van der Waals surface area (Å²) in [4.78, 5) is 7.48. The third-order valence-corrected chi connectivity index (χ3v) is 2.84. The first-order valence-electron chi connectivity index (χ1n) is 4.89. The SMILES string of the molecule is COc1cccc2c1[nH]c1ncc(Cl)cc12. The monoisotopic (exact) mass is 232 g/mol. The molecule has 3 rings (SSSR count). The fourth-order valence-electron chi connectivity index (χ4n) is 1.92. The quantitative estimate of drug-likeness (QED) is 0.699. The fraction of sp³-hybridized carbons (Fsp3) is 0.0833. The number of nitrogens with one attached hydrogen (secondary N) is 1. The molecule has 2 aromatic heterocycles. The van der Waals surface area contributed by atoms with Crippen molar-refractivity contribution in [3.8, 4) is 5.75 Å². The third-order valence-electron chi connectivity index (χ3n) is 2.63. The Kier molecular flexibility index (Phi) is 2.01. The average molecular weight is 233 g/mol. The first-order chi connectivity index (χ1) is 7.79. The molecule has 0 aliphatic carbocycles. The van der Waals surface area contributed by atoms with Crippen LogP contribution in [0, 0.1) is 0 Å². The Morgan fingerprint density at radius 2 is 2.19 bits per heavy atom. The third kappa shape index (κ3) is 1.25. The molecule has 0 amide bonds. The van der Waals surface area contributed by atoms with Crippen LogP contribution in [-0.4, -0.2) is 17.1 Å². The van der Waals surface area contributed by atoms with Gasteiger partial charge >= 0.3 is 0 Å². The molecule has 0 saturated carbocycles. The summed E-state index contributed by atoms with van der Waals surface area (Å²) in [7, 11) is 1.65. The molecule has 0 bridgehead atoms. The molecular weight excluding hydrogens is 224 g/mol. The number of ether oxygens (including phenoxy) is 1. The predicted octanol–water partition coefficient (Wildman–Crippen LogP) is 3.38. The summed E-state index contributed by atoms with van der Waals surface area (Å²) in [5.74, 6) is 0.812. The zero-order chi connectivity index (χ0) is 11.1. The fourth-order valence-corrected chi connectivity index (χ4v) is 2.08.